The number of carbonyl (C=O) groups is 2. The SMILES string of the molecule is CCOC(=O)Cn1c(=O)n(-c2ccccc2OC)c2nc(CC(C)C)nc(C(N)=O)c21. The summed E-state index contributed by atoms with van der Waals surface area (Å²) in [5, 5.41) is 0. The zero-order valence-electron chi connectivity index (χ0n) is 17.9. The number of hydrogen-bond donors (Lipinski definition) is 1. The van der Waals surface area contributed by atoms with Crippen LogP contribution < -0.4 is 16.2 Å². The van der Waals surface area contributed by atoms with Gasteiger partial charge in [0.05, 0.1) is 19.4 Å². The van der Waals surface area contributed by atoms with E-state index in [2.05, 4.69) is 9.97 Å². The molecule has 1 amide bonds. The number of benzene rings is 1. The van der Waals surface area contributed by atoms with Crippen LogP contribution in [-0.4, -0.2) is 44.7 Å². The van der Waals surface area contributed by atoms with Crippen molar-refractivity contribution in [1.82, 2.24) is 19.1 Å². The van der Waals surface area contributed by atoms with Gasteiger partial charge in [-0.25, -0.2) is 19.3 Å². The minimum absolute atomic E-state index is 0.0731. The van der Waals surface area contributed by atoms with Crippen LogP contribution in [0, 0.1) is 5.92 Å². The van der Waals surface area contributed by atoms with Crippen molar-refractivity contribution in [2.24, 2.45) is 11.7 Å². The van der Waals surface area contributed by atoms with Gasteiger partial charge in [-0.3, -0.25) is 14.2 Å². The molecule has 3 aromatic rings. The normalized spacial score (nSPS) is 11.1. The molecule has 10 heteroatoms. The molecule has 10 nitrogen and oxygen atoms in total. The number of ether oxygens (including phenoxy) is 2. The summed E-state index contributed by atoms with van der Waals surface area (Å²) in [6.07, 6.45) is 0.472. The van der Waals surface area contributed by atoms with Crippen molar-refractivity contribution in [3.8, 4) is 11.4 Å². The Hall–Kier alpha value is -3.69. The predicted octanol–water partition coefficient (Wildman–Crippen LogP) is 1.45. The molecule has 0 fully saturated rings. The largest absolute Gasteiger partial charge is 0.495 e. The average molecular weight is 427 g/mol. The lowest BCUT2D eigenvalue weighted by Crippen LogP contribution is -2.28. The second kappa shape index (κ2) is 8.99. The van der Waals surface area contributed by atoms with Crippen LogP contribution in [0.3, 0.4) is 0 Å². The van der Waals surface area contributed by atoms with E-state index in [1.54, 1.807) is 31.2 Å². The number of fused-ring (bicyclic) bond motifs is 1. The highest BCUT2D eigenvalue weighted by atomic mass is 16.5. The molecule has 0 atom stereocenters. The lowest BCUT2D eigenvalue weighted by molar-refractivity contribution is -0.143. The van der Waals surface area contributed by atoms with Crippen LogP contribution in [0.5, 0.6) is 5.75 Å². The lowest BCUT2D eigenvalue weighted by atomic mass is 10.1. The molecule has 2 aromatic heterocycles. The van der Waals surface area contributed by atoms with Gasteiger partial charge < -0.3 is 15.2 Å². The molecule has 0 spiro atoms. The van der Waals surface area contributed by atoms with Crippen molar-refractivity contribution in [3.63, 3.8) is 0 Å². The Morgan fingerprint density at radius 1 is 1.19 bits per heavy atom. The van der Waals surface area contributed by atoms with E-state index in [9.17, 15) is 14.4 Å². The van der Waals surface area contributed by atoms with Gasteiger partial charge in [0.15, 0.2) is 11.3 Å². The maximum absolute atomic E-state index is 13.4. The number of para-hydroxylation sites is 2. The molecule has 0 radical (unpaired) electrons. The fourth-order valence-electron chi connectivity index (χ4n) is 3.34. The van der Waals surface area contributed by atoms with E-state index in [0.29, 0.717) is 23.7 Å². The highest BCUT2D eigenvalue weighted by Crippen LogP contribution is 2.26. The highest BCUT2D eigenvalue weighted by Gasteiger charge is 2.26. The summed E-state index contributed by atoms with van der Waals surface area (Å²) >= 11 is 0. The van der Waals surface area contributed by atoms with Crippen LogP contribution in [0.15, 0.2) is 29.1 Å². The standard InChI is InChI=1S/C21H25N5O5/c1-5-31-16(27)11-25-18-17(19(22)28)23-15(10-12(2)3)24-20(18)26(21(25)29)13-8-6-7-9-14(13)30-4/h6-9,12H,5,10-11H2,1-4H3,(H2,22,28). The van der Waals surface area contributed by atoms with Crippen molar-refractivity contribution in [1.29, 1.82) is 0 Å². The molecule has 31 heavy (non-hydrogen) atoms. The summed E-state index contributed by atoms with van der Waals surface area (Å²) in [6.45, 7) is 5.36. The molecule has 0 bridgehead atoms. The van der Waals surface area contributed by atoms with E-state index in [0.717, 1.165) is 4.57 Å². The summed E-state index contributed by atoms with van der Waals surface area (Å²) in [7, 11) is 1.48. The molecule has 0 unspecified atom stereocenters. The van der Waals surface area contributed by atoms with Crippen LogP contribution in [0.25, 0.3) is 16.9 Å². The molecule has 0 aliphatic carbocycles. The number of carbonyl (C=O) groups excluding carboxylic acids is 2. The van der Waals surface area contributed by atoms with E-state index in [1.807, 2.05) is 13.8 Å². The Morgan fingerprint density at radius 2 is 1.90 bits per heavy atom. The number of nitrogens with zero attached hydrogens (tertiary/aromatic N) is 4. The fourth-order valence-corrected chi connectivity index (χ4v) is 3.34. The fraction of sp³-hybridized carbons (Fsp3) is 0.381. The number of amides is 1. The lowest BCUT2D eigenvalue weighted by Gasteiger charge is -2.10. The number of rotatable bonds is 8. The van der Waals surface area contributed by atoms with Crippen LogP contribution >= 0.6 is 0 Å². The average Bonchev–Trinajstić information content (AvgIpc) is 2.98. The third-order valence-electron chi connectivity index (χ3n) is 4.56. The number of nitrogens with two attached hydrogens (primary N) is 1. The second-order valence-electron chi connectivity index (χ2n) is 7.30. The molecular formula is C21H25N5O5. The number of imidazole rings is 1. The van der Waals surface area contributed by atoms with Crippen LogP contribution in [0.1, 0.15) is 37.1 Å². The molecular weight excluding hydrogens is 402 g/mol. The molecule has 2 N–H and O–H groups in total. The summed E-state index contributed by atoms with van der Waals surface area (Å²) < 4.78 is 12.8. The zero-order chi connectivity index (χ0) is 22.7. The van der Waals surface area contributed by atoms with Crippen LogP contribution in [0.2, 0.25) is 0 Å². The van der Waals surface area contributed by atoms with Crippen LogP contribution in [0.4, 0.5) is 0 Å². The van der Waals surface area contributed by atoms with Gasteiger partial charge in [0, 0.05) is 6.42 Å². The quantitative estimate of drug-likeness (QED) is 0.538. The van der Waals surface area contributed by atoms with Gasteiger partial charge in [0.1, 0.15) is 23.6 Å². The minimum atomic E-state index is -0.827. The molecule has 0 aliphatic rings. The van der Waals surface area contributed by atoms with Gasteiger partial charge in [-0.1, -0.05) is 26.0 Å². The van der Waals surface area contributed by atoms with Crippen molar-refractivity contribution >= 4 is 23.0 Å². The van der Waals surface area contributed by atoms with E-state index < -0.39 is 24.1 Å². The smallest absolute Gasteiger partial charge is 0.335 e. The first-order valence-corrected chi connectivity index (χ1v) is 9.89. The van der Waals surface area contributed by atoms with E-state index >= 15 is 0 Å². The third-order valence-corrected chi connectivity index (χ3v) is 4.56. The highest BCUT2D eigenvalue weighted by molar-refractivity contribution is 6.02. The van der Waals surface area contributed by atoms with Crippen molar-refractivity contribution < 1.29 is 19.1 Å². The van der Waals surface area contributed by atoms with Crippen molar-refractivity contribution in [3.05, 3.63) is 46.3 Å². The molecule has 0 saturated carbocycles. The van der Waals surface area contributed by atoms with E-state index in [-0.39, 0.29) is 29.4 Å². The zero-order valence-corrected chi connectivity index (χ0v) is 17.9. The minimum Gasteiger partial charge on any atom is -0.495 e. The Kier molecular flexibility index (Phi) is 6.38. The Balaban J connectivity index is 2.43. The van der Waals surface area contributed by atoms with E-state index in [4.69, 9.17) is 15.2 Å². The van der Waals surface area contributed by atoms with Crippen molar-refractivity contribution in [2.75, 3.05) is 13.7 Å². The first kappa shape index (κ1) is 22.0. The number of hydrogen-bond acceptors (Lipinski definition) is 7. The molecule has 164 valence electrons. The molecule has 1 aromatic carbocycles. The molecule has 2 heterocycles. The van der Waals surface area contributed by atoms with Gasteiger partial charge in [-0.2, -0.15) is 0 Å². The van der Waals surface area contributed by atoms with Gasteiger partial charge in [0.25, 0.3) is 5.91 Å². The Bertz CT molecular complexity index is 1190. The van der Waals surface area contributed by atoms with Gasteiger partial charge >= 0.3 is 11.7 Å². The van der Waals surface area contributed by atoms with E-state index in [1.165, 1.54) is 11.7 Å². The maximum atomic E-state index is 13.4. The molecule has 0 aliphatic heterocycles. The Morgan fingerprint density at radius 3 is 2.52 bits per heavy atom. The number of primary amides is 1. The first-order valence-electron chi connectivity index (χ1n) is 9.89. The topological polar surface area (TPSA) is 131 Å². The summed E-state index contributed by atoms with van der Waals surface area (Å²) in [5.74, 6) is -0.471. The third kappa shape index (κ3) is 4.27. The predicted molar refractivity (Wildman–Crippen MR) is 113 cm³/mol. The number of methoxy groups -OCH3 is 1. The molecule has 0 saturated heterocycles. The summed E-state index contributed by atoms with van der Waals surface area (Å²) in [4.78, 5) is 46.8. The Labute approximate surface area is 178 Å². The second-order valence-corrected chi connectivity index (χ2v) is 7.30. The number of esters is 1. The summed E-state index contributed by atoms with van der Waals surface area (Å²) in [5.41, 5.74) is 5.52. The molecule has 3 rings (SSSR count). The monoisotopic (exact) mass is 427 g/mol. The van der Waals surface area contributed by atoms with Crippen LogP contribution in [-0.2, 0) is 22.5 Å². The van der Waals surface area contributed by atoms with Crippen molar-refractivity contribution in [2.45, 2.75) is 33.7 Å². The first-order chi connectivity index (χ1) is 14.8. The van der Waals surface area contributed by atoms with Gasteiger partial charge in [-0.05, 0) is 25.0 Å². The number of aromatic nitrogens is 4. The van der Waals surface area contributed by atoms with Gasteiger partial charge in [-0.15, -0.1) is 0 Å². The summed E-state index contributed by atoms with van der Waals surface area (Å²) in [6, 6.07) is 6.88. The maximum Gasteiger partial charge on any atom is 0.335 e. The van der Waals surface area contributed by atoms with Gasteiger partial charge in [0.2, 0.25) is 0 Å².